The first kappa shape index (κ1) is 17.6. The lowest BCUT2D eigenvalue weighted by atomic mass is 10.3. The number of aromatic nitrogens is 3. The summed E-state index contributed by atoms with van der Waals surface area (Å²) in [5, 5.41) is 19.8. The molecule has 2 fully saturated rings. The van der Waals surface area contributed by atoms with E-state index in [9.17, 15) is 9.50 Å². The molecule has 1 aliphatic heterocycles. The minimum absolute atomic E-state index is 0.162. The van der Waals surface area contributed by atoms with Gasteiger partial charge in [0.2, 0.25) is 5.95 Å². The highest BCUT2D eigenvalue weighted by molar-refractivity contribution is 7.99. The van der Waals surface area contributed by atoms with Crippen molar-refractivity contribution in [3.63, 3.8) is 0 Å². The number of hydrogen-bond acceptors (Lipinski definition) is 6. The molecule has 4 rings (SSSR count). The van der Waals surface area contributed by atoms with Crippen LogP contribution in [0.2, 0.25) is 0 Å². The molecule has 2 heterocycles. The minimum atomic E-state index is -0.635. The van der Waals surface area contributed by atoms with Crippen LogP contribution >= 0.6 is 11.8 Å². The normalized spacial score (nSPS) is 18.3. The molecule has 2 aliphatic rings. The van der Waals surface area contributed by atoms with Crippen LogP contribution in [-0.2, 0) is 0 Å². The second-order valence-electron chi connectivity index (χ2n) is 6.81. The summed E-state index contributed by atoms with van der Waals surface area (Å²) in [7, 11) is 0. The number of hydrogen-bond donors (Lipinski definition) is 1. The third-order valence-electron chi connectivity index (χ3n) is 4.61. The first-order valence-corrected chi connectivity index (χ1v) is 10.1. The molecule has 6 nitrogen and oxygen atoms in total. The van der Waals surface area contributed by atoms with E-state index in [1.54, 1.807) is 12.1 Å². The first-order valence-electron chi connectivity index (χ1n) is 9.10. The Hall–Kier alpha value is -1.80. The highest BCUT2D eigenvalue weighted by Gasteiger charge is 2.32. The molecule has 2 aromatic rings. The summed E-state index contributed by atoms with van der Waals surface area (Å²) in [6.07, 6.45) is 4.12. The van der Waals surface area contributed by atoms with Gasteiger partial charge in [-0.15, -0.1) is 10.2 Å². The number of aliphatic hydroxyl groups is 1. The summed E-state index contributed by atoms with van der Waals surface area (Å²) in [6.45, 7) is 2.25. The Morgan fingerprint density at radius 3 is 2.62 bits per heavy atom. The average molecular weight is 378 g/mol. The zero-order valence-corrected chi connectivity index (χ0v) is 15.4. The van der Waals surface area contributed by atoms with Crippen molar-refractivity contribution >= 4 is 17.7 Å². The molecule has 0 radical (unpaired) electrons. The molecule has 8 heteroatoms. The fourth-order valence-electron chi connectivity index (χ4n) is 3.09. The molecule has 1 aromatic carbocycles. The Morgan fingerprint density at radius 1 is 1.19 bits per heavy atom. The maximum Gasteiger partial charge on any atom is 0.228 e. The predicted molar refractivity (Wildman–Crippen MR) is 98.4 cm³/mol. The van der Waals surface area contributed by atoms with Crippen molar-refractivity contribution in [2.45, 2.75) is 43.0 Å². The van der Waals surface area contributed by atoms with Crippen molar-refractivity contribution in [1.29, 1.82) is 0 Å². The van der Waals surface area contributed by atoms with Crippen molar-refractivity contribution in [2.24, 2.45) is 0 Å². The van der Waals surface area contributed by atoms with Crippen molar-refractivity contribution < 1.29 is 14.2 Å². The molecular formula is C18H23FN4O2S. The average Bonchev–Trinajstić information content (AvgIpc) is 3.17. The van der Waals surface area contributed by atoms with E-state index in [-0.39, 0.29) is 12.4 Å². The highest BCUT2D eigenvalue weighted by atomic mass is 32.2. The van der Waals surface area contributed by atoms with Crippen LogP contribution in [-0.4, -0.2) is 51.4 Å². The molecule has 1 saturated carbocycles. The van der Waals surface area contributed by atoms with Gasteiger partial charge in [0.25, 0.3) is 0 Å². The molecule has 140 valence electrons. The van der Waals surface area contributed by atoms with E-state index in [1.165, 1.54) is 49.6 Å². The molecule has 1 aliphatic carbocycles. The van der Waals surface area contributed by atoms with Gasteiger partial charge < -0.3 is 14.7 Å². The zero-order valence-electron chi connectivity index (χ0n) is 14.6. The second kappa shape index (κ2) is 7.84. The summed E-state index contributed by atoms with van der Waals surface area (Å²) >= 11 is 1.51. The lowest BCUT2D eigenvalue weighted by Gasteiger charge is -2.18. The first-order chi connectivity index (χ1) is 12.7. The number of anilines is 1. The number of halogens is 1. The predicted octanol–water partition coefficient (Wildman–Crippen LogP) is 2.88. The monoisotopic (exact) mass is 378 g/mol. The SMILES string of the molecule is O[C@H](COc1ccc(F)cc1)CSc1nnc(N2CCCC2)n1C1CC1. The topological polar surface area (TPSA) is 63.4 Å². The third-order valence-corrected chi connectivity index (χ3v) is 5.70. The van der Waals surface area contributed by atoms with E-state index < -0.39 is 6.10 Å². The smallest absolute Gasteiger partial charge is 0.228 e. The van der Waals surface area contributed by atoms with Gasteiger partial charge in [0.1, 0.15) is 18.2 Å². The van der Waals surface area contributed by atoms with Gasteiger partial charge in [0, 0.05) is 24.9 Å². The summed E-state index contributed by atoms with van der Waals surface area (Å²) < 4.78 is 20.6. The fourth-order valence-corrected chi connectivity index (χ4v) is 4.00. The van der Waals surface area contributed by atoms with Crippen molar-refractivity contribution in [1.82, 2.24) is 14.8 Å². The van der Waals surface area contributed by atoms with Crippen LogP contribution in [0.1, 0.15) is 31.7 Å². The van der Waals surface area contributed by atoms with Crippen LogP contribution in [0.3, 0.4) is 0 Å². The summed E-state index contributed by atoms with van der Waals surface area (Å²) in [4.78, 5) is 2.31. The van der Waals surface area contributed by atoms with Gasteiger partial charge in [-0.25, -0.2) is 4.39 Å². The molecule has 1 atom stereocenters. The largest absolute Gasteiger partial charge is 0.491 e. The van der Waals surface area contributed by atoms with E-state index >= 15 is 0 Å². The number of ether oxygens (including phenoxy) is 1. The van der Waals surface area contributed by atoms with Crippen LogP contribution in [0, 0.1) is 5.82 Å². The van der Waals surface area contributed by atoms with Gasteiger partial charge in [-0.3, -0.25) is 4.57 Å². The maximum atomic E-state index is 12.9. The zero-order chi connectivity index (χ0) is 17.9. The summed E-state index contributed by atoms with van der Waals surface area (Å²) in [5.41, 5.74) is 0. The quantitative estimate of drug-likeness (QED) is 0.713. The Kier molecular flexibility index (Phi) is 5.31. The molecule has 0 spiro atoms. The molecule has 1 N–H and O–H groups in total. The van der Waals surface area contributed by atoms with Crippen LogP contribution < -0.4 is 9.64 Å². The molecule has 0 bridgehead atoms. The van der Waals surface area contributed by atoms with Gasteiger partial charge in [-0.2, -0.15) is 0 Å². The molecule has 26 heavy (non-hydrogen) atoms. The third kappa shape index (κ3) is 4.12. The van der Waals surface area contributed by atoms with E-state index in [0.29, 0.717) is 17.5 Å². The Bertz CT molecular complexity index is 729. The standard InChI is InChI=1S/C18H23FN4O2S/c19-13-3-7-16(8-4-13)25-11-15(24)12-26-18-21-20-17(22-9-1-2-10-22)23(18)14-5-6-14/h3-4,7-8,14-15,24H,1-2,5-6,9-12H2/t15-/m1/s1. The fraction of sp³-hybridized carbons (Fsp3) is 0.556. The second-order valence-corrected chi connectivity index (χ2v) is 7.79. The van der Waals surface area contributed by atoms with E-state index in [0.717, 1.165) is 24.2 Å². The van der Waals surface area contributed by atoms with Crippen LogP contribution in [0.4, 0.5) is 10.3 Å². The molecular weight excluding hydrogens is 355 g/mol. The van der Waals surface area contributed by atoms with Crippen LogP contribution in [0.25, 0.3) is 0 Å². The number of nitrogens with zero attached hydrogens (tertiary/aromatic N) is 4. The van der Waals surface area contributed by atoms with Gasteiger partial charge in [-0.1, -0.05) is 11.8 Å². The maximum absolute atomic E-state index is 12.9. The summed E-state index contributed by atoms with van der Waals surface area (Å²) in [6, 6.07) is 6.29. The molecule has 1 saturated heterocycles. The van der Waals surface area contributed by atoms with E-state index in [2.05, 4.69) is 19.7 Å². The van der Waals surface area contributed by atoms with Gasteiger partial charge in [0.05, 0.1) is 6.10 Å². The Labute approximate surface area is 156 Å². The Balaban J connectivity index is 1.33. The number of rotatable bonds is 8. The molecule has 0 amide bonds. The van der Waals surface area contributed by atoms with Crippen molar-refractivity contribution in [3.05, 3.63) is 30.1 Å². The molecule has 0 unspecified atom stereocenters. The van der Waals surface area contributed by atoms with Crippen LogP contribution in [0.15, 0.2) is 29.4 Å². The molecule has 1 aromatic heterocycles. The highest BCUT2D eigenvalue weighted by Crippen LogP contribution is 2.41. The van der Waals surface area contributed by atoms with E-state index in [1.807, 2.05) is 0 Å². The van der Waals surface area contributed by atoms with Gasteiger partial charge in [0.15, 0.2) is 5.16 Å². The lowest BCUT2D eigenvalue weighted by Crippen LogP contribution is -2.22. The van der Waals surface area contributed by atoms with Crippen molar-refractivity contribution in [2.75, 3.05) is 30.3 Å². The van der Waals surface area contributed by atoms with Crippen LogP contribution in [0.5, 0.6) is 5.75 Å². The minimum Gasteiger partial charge on any atom is -0.491 e. The summed E-state index contributed by atoms with van der Waals surface area (Å²) in [5.74, 6) is 1.70. The lowest BCUT2D eigenvalue weighted by molar-refractivity contribution is 0.126. The van der Waals surface area contributed by atoms with Gasteiger partial charge in [-0.05, 0) is 49.9 Å². The van der Waals surface area contributed by atoms with Gasteiger partial charge >= 0.3 is 0 Å². The number of benzene rings is 1. The number of aliphatic hydroxyl groups excluding tert-OH is 1. The van der Waals surface area contributed by atoms with E-state index in [4.69, 9.17) is 4.74 Å². The number of thioether (sulfide) groups is 1. The Morgan fingerprint density at radius 2 is 1.92 bits per heavy atom. The van der Waals surface area contributed by atoms with Crippen molar-refractivity contribution in [3.8, 4) is 5.75 Å².